The van der Waals surface area contributed by atoms with E-state index in [0.29, 0.717) is 13.2 Å². The van der Waals surface area contributed by atoms with E-state index in [9.17, 15) is 0 Å². The fourth-order valence-corrected chi connectivity index (χ4v) is 0.949. The van der Waals surface area contributed by atoms with Gasteiger partial charge in [0.1, 0.15) is 12.4 Å². The number of benzene rings is 1. The normalized spacial score (nSPS) is 9.69. The third-order valence-corrected chi connectivity index (χ3v) is 1.72. The average Bonchev–Trinajstić information content (AvgIpc) is 2.14. The molecule has 1 aromatic carbocycles. The van der Waals surface area contributed by atoms with Crippen molar-refractivity contribution in [1.29, 1.82) is 0 Å². The smallest absolute Gasteiger partial charge is 0.120 e. The first-order valence-electron chi connectivity index (χ1n) is 4.28. The lowest BCUT2D eigenvalue weighted by Crippen LogP contribution is -2.09. The highest BCUT2D eigenvalue weighted by molar-refractivity contribution is 5.27. The Hall–Kier alpha value is -1.28. The molecule has 0 fully saturated rings. The lowest BCUT2D eigenvalue weighted by molar-refractivity contribution is 0.350. The second kappa shape index (κ2) is 4.67. The van der Waals surface area contributed by atoms with Gasteiger partial charge in [-0.05, 0) is 30.2 Å². The van der Waals surface area contributed by atoms with Gasteiger partial charge in [-0.1, -0.05) is 18.7 Å². The van der Waals surface area contributed by atoms with Gasteiger partial charge in [0.05, 0.1) is 0 Å². The summed E-state index contributed by atoms with van der Waals surface area (Å²) in [5, 5.41) is 0. The first-order valence-corrected chi connectivity index (χ1v) is 4.28. The Balaban J connectivity index is 2.50. The van der Waals surface area contributed by atoms with Gasteiger partial charge in [0.25, 0.3) is 0 Å². The predicted molar refractivity (Wildman–Crippen MR) is 54.9 cm³/mol. The standard InChI is InChI=1S/C11H15NO/c1-9-4-3-5-11(6-9)13-8-10(2)7-12/h3-6H,2,7-8,12H2,1H3. The molecule has 0 spiro atoms. The van der Waals surface area contributed by atoms with E-state index in [-0.39, 0.29) is 0 Å². The minimum atomic E-state index is 0.478. The zero-order chi connectivity index (χ0) is 9.68. The lowest BCUT2D eigenvalue weighted by Gasteiger charge is -2.07. The molecule has 0 aromatic heterocycles. The Labute approximate surface area is 79.0 Å². The van der Waals surface area contributed by atoms with Gasteiger partial charge in [-0.25, -0.2) is 0 Å². The Bertz CT molecular complexity index is 294. The highest BCUT2D eigenvalue weighted by atomic mass is 16.5. The fraction of sp³-hybridized carbons (Fsp3) is 0.273. The zero-order valence-electron chi connectivity index (χ0n) is 7.92. The van der Waals surface area contributed by atoms with Crippen LogP contribution in [0, 0.1) is 6.92 Å². The van der Waals surface area contributed by atoms with Crippen LogP contribution in [0.2, 0.25) is 0 Å². The Morgan fingerprint density at radius 3 is 2.92 bits per heavy atom. The summed E-state index contributed by atoms with van der Waals surface area (Å²) in [6.07, 6.45) is 0. The van der Waals surface area contributed by atoms with Crippen molar-refractivity contribution in [2.24, 2.45) is 5.73 Å². The SMILES string of the molecule is C=C(CN)COc1cccc(C)c1. The molecule has 0 unspecified atom stereocenters. The molecule has 2 heteroatoms. The molecule has 0 bridgehead atoms. The molecule has 0 aliphatic rings. The highest BCUT2D eigenvalue weighted by Gasteiger charge is 1.94. The van der Waals surface area contributed by atoms with Crippen molar-refractivity contribution in [2.75, 3.05) is 13.2 Å². The molecule has 0 saturated carbocycles. The van der Waals surface area contributed by atoms with Gasteiger partial charge in [0.2, 0.25) is 0 Å². The largest absolute Gasteiger partial charge is 0.489 e. The van der Waals surface area contributed by atoms with Gasteiger partial charge < -0.3 is 10.5 Å². The summed E-state index contributed by atoms with van der Waals surface area (Å²) < 4.78 is 5.46. The van der Waals surface area contributed by atoms with Gasteiger partial charge in [-0.2, -0.15) is 0 Å². The molecule has 13 heavy (non-hydrogen) atoms. The van der Waals surface area contributed by atoms with E-state index in [1.807, 2.05) is 31.2 Å². The summed E-state index contributed by atoms with van der Waals surface area (Å²) in [6.45, 7) is 6.77. The minimum absolute atomic E-state index is 0.478. The van der Waals surface area contributed by atoms with Crippen molar-refractivity contribution in [3.63, 3.8) is 0 Å². The summed E-state index contributed by atoms with van der Waals surface area (Å²) in [4.78, 5) is 0. The maximum Gasteiger partial charge on any atom is 0.120 e. The molecule has 0 atom stereocenters. The maximum atomic E-state index is 5.46. The summed E-state index contributed by atoms with van der Waals surface area (Å²) >= 11 is 0. The van der Waals surface area contributed by atoms with Crippen LogP contribution in [0.5, 0.6) is 5.75 Å². The van der Waals surface area contributed by atoms with Crippen LogP contribution in [0.1, 0.15) is 5.56 Å². The number of hydrogen-bond donors (Lipinski definition) is 1. The van der Waals surface area contributed by atoms with E-state index in [1.54, 1.807) is 0 Å². The number of aryl methyl sites for hydroxylation is 1. The molecule has 1 aromatic rings. The van der Waals surface area contributed by atoms with Crippen molar-refractivity contribution in [1.82, 2.24) is 0 Å². The third-order valence-electron chi connectivity index (χ3n) is 1.72. The molecule has 0 saturated heterocycles. The van der Waals surface area contributed by atoms with Gasteiger partial charge in [0.15, 0.2) is 0 Å². The van der Waals surface area contributed by atoms with Crippen LogP contribution in [0.15, 0.2) is 36.4 Å². The molecular weight excluding hydrogens is 162 g/mol. The molecular formula is C11H15NO. The van der Waals surface area contributed by atoms with E-state index in [4.69, 9.17) is 10.5 Å². The third kappa shape index (κ3) is 3.30. The second-order valence-corrected chi connectivity index (χ2v) is 3.06. The molecule has 0 radical (unpaired) electrons. The molecule has 2 nitrogen and oxygen atoms in total. The molecule has 70 valence electrons. The zero-order valence-corrected chi connectivity index (χ0v) is 7.92. The van der Waals surface area contributed by atoms with Crippen LogP contribution >= 0.6 is 0 Å². The van der Waals surface area contributed by atoms with Crippen LogP contribution in [0.4, 0.5) is 0 Å². The first kappa shape index (κ1) is 9.81. The van der Waals surface area contributed by atoms with Crippen molar-refractivity contribution in [3.05, 3.63) is 42.0 Å². The number of ether oxygens (including phenoxy) is 1. The molecule has 0 amide bonds. The minimum Gasteiger partial charge on any atom is -0.489 e. The molecule has 1 rings (SSSR count). The quantitative estimate of drug-likeness (QED) is 0.713. The molecule has 0 aliphatic carbocycles. The van der Waals surface area contributed by atoms with Gasteiger partial charge in [-0.3, -0.25) is 0 Å². The monoisotopic (exact) mass is 177 g/mol. The second-order valence-electron chi connectivity index (χ2n) is 3.06. The fourth-order valence-electron chi connectivity index (χ4n) is 0.949. The van der Waals surface area contributed by atoms with E-state index < -0.39 is 0 Å². The van der Waals surface area contributed by atoms with Crippen LogP contribution in [0.3, 0.4) is 0 Å². The Morgan fingerprint density at radius 2 is 2.31 bits per heavy atom. The van der Waals surface area contributed by atoms with Gasteiger partial charge >= 0.3 is 0 Å². The number of hydrogen-bond acceptors (Lipinski definition) is 2. The van der Waals surface area contributed by atoms with Gasteiger partial charge in [-0.15, -0.1) is 0 Å². The van der Waals surface area contributed by atoms with Crippen molar-refractivity contribution in [2.45, 2.75) is 6.92 Å². The summed E-state index contributed by atoms with van der Waals surface area (Å²) in [7, 11) is 0. The lowest BCUT2D eigenvalue weighted by atomic mass is 10.2. The maximum absolute atomic E-state index is 5.46. The number of rotatable bonds is 4. The van der Waals surface area contributed by atoms with Crippen molar-refractivity contribution >= 4 is 0 Å². The average molecular weight is 177 g/mol. The molecule has 2 N–H and O–H groups in total. The predicted octanol–water partition coefficient (Wildman–Crippen LogP) is 1.89. The first-order chi connectivity index (χ1) is 6.22. The van der Waals surface area contributed by atoms with Crippen molar-refractivity contribution < 1.29 is 4.74 Å². The Morgan fingerprint density at radius 1 is 1.54 bits per heavy atom. The van der Waals surface area contributed by atoms with Crippen LogP contribution in [-0.4, -0.2) is 13.2 Å². The van der Waals surface area contributed by atoms with Gasteiger partial charge in [0, 0.05) is 6.54 Å². The number of nitrogens with two attached hydrogens (primary N) is 1. The van der Waals surface area contributed by atoms with E-state index in [2.05, 4.69) is 6.58 Å². The topological polar surface area (TPSA) is 35.2 Å². The van der Waals surface area contributed by atoms with E-state index in [1.165, 1.54) is 5.56 Å². The summed E-state index contributed by atoms with van der Waals surface area (Å²) in [5.41, 5.74) is 7.48. The molecule has 0 aliphatic heterocycles. The Kier molecular flexibility index (Phi) is 3.53. The summed E-state index contributed by atoms with van der Waals surface area (Å²) in [5.74, 6) is 0.870. The van der Waals surface area contributed by atoms with Crippen molar-refractivity contribution in [3.8, 4) is 5.75 Å². The van der Waals surface area contributed by atoms with Crippen LogP contribution < -0.4 is 10.5 Å². The van der Waals surface area contributed by atoms with Crippen LogP contribution in [0.25, 0.3) is 0 Å². The molecule has 0 heterocycles. The van der Waals surface area contributed by atoms with Crippen LogP contribution in [-0.2, 0) is 0 Å². The summed E-state index contributed by atoms with van der Waals surface area (Å²) in [6, 6.07) is 7.92. The van der Waals surface area contributed by atoms with E-state index >= 15 is 0 Å². The highest BCUT2D eigenvalue weighted by Crippen LogP contribution is 2.12. The van der Waals surface area contributed by atoms with E-state index in [0.717, 1.165) is 11.3 Å².